The highest BCUT2D eigenvalue weighted by molar-refractivity contribution is 7.48. The Balaban J connectivity index is 2.03. The Hall–Kier alpha value is -2.19. The van der Waals surface area contributed by atoms with Crippen molar-refractivity contribution in [2.45, 2.75) is 38.5 Å². The quantitative estimate of drug-likeness (QED) is 0.352. The van der Waals surface area contributed by atoms with E-state index in [1.54, 1.807) is 7.11 Å². The van der Waals surface area contributed by atoms with Crippen molar-refractivity contribution in [2.75, 3.05) is 13.9 Å². The molecule has 0 aromatic heterocycles. The van der Waals surface area contributed by atoms with E-state index in [0.717, 1.165) is 29.7 Å². The first-order valence-electron chi connectivity index (χ1n) is 10.4. The van der Waals surface area contributed by atoms with Gasteiger partial charge < -0.3 is 14.6 Å². The summed E-state index contributed by atoms with van der Waals surface area (Å²) in [6.07, 6.45) is 1.77. The van der Waals surface area contributed by atoms with Crippen LogP contribution in [0.3, 0.4) is 0 Å². The lowest BCUT2D eigenvalue weighted by Crippen LogP contribution is -2.22. The SMILES string of the molecule is CCC(C)(Pc1ccccc1CO)c1cccc(Cc2ccccc2)c1OCOC. The predicted octanol–water partition coefficient (Wildman–Crippen LogP) is 5.38. The number of methoxy groups -OCH3 is 1. The van der Waals surface area contributed by atoms with Gasteiger partial charge in [0.05, 0.1) is 6.61 Å². The maximum Gasteiger partial charge on any atom is 0.188 e. The fraction of sp³-hybridized carbons (Fsp3) is 0.308. The lowest BCUT2D eigenvalue weighted by molar-refractivity contribution is 0.0494. The number of aliphatic hydroxyl groups excluding tert-OH is 1. The average molecular weight is 423 g/mol. The van der Waals surface area contributed by atoms with E-state index in [-0.39, 0.29) is 18.6 Å². The first-order chi connectivity index (χ1) is 14.6. The highest BCUT2D eigenvalue weighted by Gasteiger charge is 2.30. The molecule has 2 atom stereocenters. The molecule has 3 rings (SSSR count). The summed E-state index contributed by atoms with van der Waals surface area (Å²) in [5.74, 6) is 0.918. The van der Waals surface area contributed by atoms with Crippen LogP contribution in [0.1, 0.15) is 42.5 Å². The number of aliphatic hydroxyl groups is 1. The third-order valence-corrected chi connectivity index (χ3v) is 7.49. The number of ether oxygens (including phenoxy) is 2. The minimum Gasteiger partial charge on any atom is -0.467 e. The van der Waals surface area contributed by atoms with Gasteiger partial charge in [-0.25, -0.2) is 0 Å². The smallest absolute Gasteiger partial charge is 0.188 e. The van der Waals surface area contributed by atoms with Crippen LogP contribution >= 0.6 is 8.58 Å². The minimum absolute atomic E-state index is 0.0596. The Morgan fingerprint density at radius 1 is 0.900 bits per heavy atom. The molecular formula is C26H31O3P. The van der Waals surface area contributed by atoms with Crippen molar-refractivity contribution in [3.8, 4) is 5.75 Å². The summed E-state index contributed by atoms with van der Waals surface area (Å²) < 4.78 is 11.4. The van der Waals surface area contributed by atoms with Crippen molar-refractivity contribution in [2.24, 2.45) is 0 Å². The van der Waals surface area contributed by atoms with Gasteiger partial charge in [0.2, 0.25) is 0 Å². The van der Waals surface area contributed by atoms with Gasteiger partial charge in [-0.15, -0.1) is 0 Å². The zero-order chi connectivity index (χ0) is 21.4. The van der Waals surface area contributed by atoms with E-state index in [0.29, 0.717) is 8.58 Å². The normalized spacial score (nSPS) is 13.5. The van der Waals surface area contributed by atoms with E-state index in [4.69, 9.17) is 9.47 Å². The average Bonchev–Trinajstić information content (AvgIpc) is 2.79. The first kappa shape index (κ1) is 22.5. The molecule has 0 bridgehead atoms. The third kappa shape index (κ3) is 5.29. The molecule has 1 N–H and O–H groups in total. The molecule has 0 amide bonds. The Labute approximate surface area is 181 Å². The highest BCUT2D eigenvalue weighted by atomic mass is 31.1. The molecule has 3 aromatic rings. The van der Waals surface area contributed by atoms with Crippen LogP contribution in [0.2, 0.25) is 0 Å². The zero-order valence-corrected chi connectivity index (χ0v) is 19.0. The van der Waals surface area contributed by atoms with Crippen LogP contribution in [-0.4, -0.2) is 19.0 Å². The minimum atomic E-state index is -0.110. The molecule has 3 nitrogen and oxygen atoms in total. The molecule has 0 aliphatic rings. The molecule has 0 spiro atoms. The highest BCUT2D eigenvalue weighted by Crippen LogP contribution is 2.48. The maximum atomic E-state index is 9.80. The Bertz CT molecular complexity index is 942. The van der Waals surface area contributed by atoms with Gasteiger partial charge in [-0.2, -0.15) is 0 Å². The van der Waals surface area contributed by atoms with Gasteiger partial charge in [-0.05, 0) is 28.4 Å². The molecule has 0 radical (unpaired) electrons. The second-order valence-corrected chi connectivity index (χ2v) is 9.53. The molecule has 0 aliphatic carbocycles. The van der Waals surface area contributed by atoms with Crippen molar-refractivity contribution < 1.29 is 14.6 Å². The second kappa shape index (κ2) is 10.7. The molecule has 3 aromatic carbocycles. The van der Waals surface area contributed by atoms with Crippen LogP contribution in [0.4, 0.5) is 0 Å². The number of hydrogen-bond donors (Lipinski definition) is 1. The van der Waals surface area contributed by atoms with Crippen LogP contribution in [0, 0.1) is 0 Å². The molecular weight excluding hydrogens is 391 g/mol. The zero-order valence-electron chi connectivity index (χ0n) is 18.0. The summed E-state index contributed by atoms with van der Waals surface area (Å²) in [6, 6.07) is 25.1. The standard InChI is InChI=1S/C26H31O3P/c1-4-26(2,30-24-16-9-8-13-22(24)18-27)23-15-10-14-21(25(23)29-19-28-3)17-20-11-6-5-7-12-20/h5-16,27,30H,4,17-19H2,1-3H3. The topological polar surface area (TPSA) is 38.7 Å². The number of benzene rings is 3. The monoisotopic (exact) mass is 422 g/mol. The predicted molar refractivity (Wildman–Crippen MR) is 126 cm³/mol. The summed E-state index contributed by atoms with van der Waals surface area (Å²) in [4.78, 5) is 0. The van der Waals surface area contributed by atoms with E-state index >= 15 is 0 Å². The fourth-order valence-corrected chi connectivity index (χ4v) is 5.29. The van der Waals surface area contributed by atoms with Crippen molar-refractivity contribution in [3.63, 3.8) is 0 Å². The molecule has 0 fully saturated rings. The van der Waals surface area contributed by atoms with Crippen LogP contribution in [0.15, 0.2) is 72.8 Å². The van der Waals surface area contributed by atoms with E-state index in [1.165, 1.54) is 16.4 Å². The first-order valence-corrected chi connectivity index (χ1v) is 11.4. The van der Waals surface area contributed by atoms with E-state index < -0.39 is 0 Å². The Kier molecular flexibility index (Phi) is 8.04. The van der Waals surface area contributed by atoms with E-state index in [1.807, 2.05) is 24.3 Å². The van der Waals surface area contributed by atoms with Crippen LogP contribution < -0.4 is 10.0 Å². The van der Waals surface area contributed by atoms with Gasteiger partial charge in [-0.3, -0.25) is 0 Å². The lowest BCUT2D eigenvalue weighted by Gasteiger charge is -2.32. The van der Waals surface area contributed by atoms with Gasteiger partial charge in [0.25, 0.3) is 0 Å². The second-order valence-electron chi connectivity index (χ2n) is 7.63. The van der Waals surface area contributed by atoms with Gasteiger partial charge in [0.1, 0.15) is 5.75 Å². The molecule has 0 saturated carbocycles. The fourth-order valence-electron chi connectivity index (χ4n) is 3.69. The number of rotatable bonds is 10. The molecule has 2 unspecified atom stereocenters. The molecule has 158 valence electrons. The van der Waals surface area contributed by atoms with Crippen molar-refractivity contribution in [3.05, 3.63) is 95.1 Å². The summed E-state index contributed by atoms with van der Waals surface area (Å²) in [5, 5.41) is 10.9. The van der Waals surface area contributed by atoms with Crippen molar-refractivity contribution >= 4 is 13.9 Å². The van der Waals surface area contributed by atoms with E-state index in [9.17, 15) is 5.11 Å². The summed E-state index contributed by atoms with van der Waals surface area (Å²) in [7, 11) is 2.17. The Morgan fingerprint density at radius 3 is 2.30 bits per heavy atom. The Morgan fingerprint density at radius 2 is 1.60 bits per heavy atom. The molecule has 0 heterocycles. The van der Waals surface area contributed by atoms with Gasteiger partial charge >= 0.3 is 0 Å². The maximum absolute atomic E-state index is 9.80. The van der Waals surface area contributed by atoms with Crippen LogP contribution in [-0.2, 0) is 22.9 Å². The number of para-hydroxylation sites is 1. The van der Waals surface area contributed by atoms with Crippen molar-refractivity contribution in [1.29, 1.82) is 0 Å². The number of hydrogen-bond acceptors (Lipinski definition) is 3. The van der Waals surface area contributed by atoms with Crippen molar-refractivity contribution in [1.82, 2.24) is 0 Å². The van der Waals surface area contributed by atoms with Gasteiger partial charge in [-0.1, -0.05) is 95.2 Å². The molecule has 0 aliphatic heterocycles. The summed E-state index contributed by atoms with van der Waals surface area (Å²) >= 11 is 0. The molecule has 30 heavy (non-hydrogen) atoms. The van der Waals surface area contributed by atoms with Gasteiger partial charge in [0, 0.05) is 24.3 Å². The van der Waals surface area contributed by atoms with E-state index in [2.05, 4.69) is 62.4 Å². The van der Waals surface area contributed by atoms with Gasteiger partial charge in [0.15, 0.2) is 6.79 Å². The third-order valence-electron chi connectivity index (χ3n) is 5.55. The molecule has 0 saturated heterocycles. The summed E-state index contributed by atoms with van der Waals surface area (Å²) in [6.45, 7) is 4.79. The largest absolute Gasteiger partial charge is 0.467 e. The lowest BCUT2D eigenvalue weighted by atomic mass is 9.92. The molecule has 4 heteroatoms. The van der Waals surface area contributed by atoms with Crippen LogP contribution in [0.25, 0.3) is 0 Å². The summed E-state index contributed by atoms with van der Waals surface area (Å²) in [5.41, 5.74) is 4.61. The van der Waals surface area contributed by atoms with Crippen LogP contribution in [0.5, 0.6) is 5.75 Å².